The summed E-state index contributed by atoms with van der Waals surface area (Å²) in [6.45, 7) is 6.38. The molecule has 0 spiro atoms. The van der Waals surface area contributed by atoms with E-state index in [2.05, 4.69) is 22.8 Å². The predicted octanol–water partition coefficient (Wildman–Crippen LogP) is 2.12. The first-order valence-electron chi connectivity index (χ1n) is 6.70. The standard InChI is InChI=1S/C16H20FN3/c1-3-20(11-13(2)10-19)12-14-6-7-16(17)15(9-14)5-4-8-18/h6-7,9,13H,3,8,11-12,18H2,1-2H3. The molecule has 0 radical (unpaired) electrons. The summed E-state index contributed by atoms with van der Waals surface area (Å²) in [6.07, 6.45) is 0. The minimum atomic E-state index is -0.330. The Labute approximate surface area is 120 Å². The Balaban J connectivity index is 2.83. The van der Waals surface area contributed by atoms with Crippen LogP contribution in [0.5, 0.6) is 0 Å². The van der Waals surface area contributed by atoms with Gasteiger partial charge in [-0.3, -0.25) is 4.90 Å². The number of hydrogen-bond acceptors (Lipinski definition) is 3. The molecule has 0 aliphatic rings. The Morgan fingerprint density at radius 2 is 2.20 bits per heavy atom. The summed E-state index contributed by atoms with van der Waals surface area (Å²) in [5, 5.41) is 8.87. The molecule has 1 aromatic rings. The summed E-state index contributed by atoms with van der Waals surface area (Å²) in [7, 11) is 0. The highest BCUT2D eigenvalue weighted by Crippen LogP contribution is 2.12. The number of rotatable bonds is 5. The number of halogens is 1. The van der Waals surface area contributed by atoms with Crippen LogP contribution < -0.4 is 5.73 Å². The first-order valence-corrected chi connectivity index (χ1v) is 6.70. The van der Waals surface area contributed by atoms with E-state index in [0.717, 1.165) is 12.1 Å². The molecule has 0 aliphatic carbocycles. The molecule has 4 heteroatoms. The highest BCUT2D eigenvalue weighted by Gasteiger charge is 2.09. The number of benzene rings is 1. The largest absolute Gasteiger partial charge is 0.320 e. The number of nitrogens with zero attached hydrogens (tertiary/aromatic N) is 2. The van der Waals surface area contributed by atoms with Gasteiger partial charge in [0, 0.05) is 13.1 Å². The van der Waals surface area contributed by atoms with Crippen molar-refractivity contribution in [1.82, 2.24) is 4.90 Å². The molecule has 0 saturated carbocycles. The molecular weight excluding hydrogens is 253 g/mol. The molecule has 0 heterocycles. The zero-order chi connectivity index (χ0) is 15.0. The first kappa shape index (κ1) is 16.2. The van der Waals surface area contributed by atoms with Crippen LogP contribution in [-0.4, -0.2) is 24.5 Å². The molecule has 0 amide bonds. The lowest BCUT2D eigenvalue weighted by Gasteiger charge is -2.21. The van der Waals surface area contributed by atoms with Crippen LogP contribution in [0, 0.1) is 34.9 Å². The topological polar surface area (TPSA) is 53.0 Å². The van der Waals surface area contributed by atoms with Gasteiger partial charge in [0.15, 0.2) is 0 Å². The van der Waals surface area contributed by atoms with Crippen LogP contribution in [0.2, 0.25) is 0 Å². The zero-order valence-electron chi connectivity index (χ0n) is 12.0. The van der Waals surface area contributed by atoms with Crippen LogP contribution >= 0.6 is 0 Å². The summed E-state index contributed by atoms with van der Waals surface area (Å²) in [4.78, 5) is 2.15. The zero-order valence-corrected chi connectivity index (χ0v) is 12.0. The van der Waals surface area contributed by atoms with Gasteiger partial charge in [0.05, 0.1) is 24.1 Å². The second-order valence-electron chi connectivity index (χ2n) is 4.68. The van der Waals surface area contributed by atoms with Gasteiger partial charge in [-0.25, -0.2) is 4.39 Å². The fraction of sp³-hybridized carbons (Fsp3) is 0.438. The monoisotopic (exact) mass is 273 g/mol. The minimum absolute atomic E-state index is 0.0214. The van der Waals surface area contributed by atoms with E-state index < -0.39 is 0 Å². The second kappa shape index (κ2) is 8.32. The van der Waals surface area contributed by atoms with Crippen molar-refractivity contribution in [3.05, 3.63) is 35.1 Å². The summed E-state index contributed by atoms with van der Waals surface area (Å²) in [6, 6.07) is 7.15. The van der Waals surface area contributed by atoms with Crippen molar-refractivity contribution in [1.29, 1.82) is 5.26 Å². The van der Waals surface area contributed by atoms with Gasteiger partial charge in [-0.05, 0) is 31.2 Å². The van der Waals surface area contributed by atoms with Crippen LogP contribution in [0.25, 0.3) is 0 Å². The van der Waals surface area contributed by atoms with Crippen molar-refractivity contribution in [3.8, 4) is 17.9 Å². The molecule has 106 valence electrons. The van der Waals surface area contributed by atoms with Crippen molar-refractivity contribution in [3.63, 3.8) is 0 Å². The molecular formula is C16H20FN3. The number of hydrogen-bond donors (Lipinski definition) is 1. The maximum Gasteiger partial charge on any atom is 0.138 e. The summed E-state index contributed by atoms with van der Waals surface area (Å²) >= 11 is 0. The Bertz CT molecular complexity index is 537. The lowest BCUT2D eigenvalue weighted by atomic mass is 10.1. The Hall–Kier alpha value is -1.88. The highest BCUT2D eigenvalue weighted by molar-refractivity contribution is 5.38. The molecule has 0 saturated heterocycles. The average molecular weight is 273 g/mol. The molecule has 1 unspecified atom stereocenters. The van der Waals surface area contributed by atoms with Gasteiger partial charge in [0.1, 0.15) is 5.82 Å². The quantitative estimate of drug-likeness (QED) is 0.836. The van der Waals surface area contributed by atoms with Crippen molar-refractivity contribution in [2.45, 2.75) is 20.4 Å². The van der Waals surface area contributed by atoms with Gasteiger partial charge in [-0.2, -0.15) is 5.26 Å². The number of nitrogens with two attached hydrogens (primary N) is 1. The third-order valence-electron chi connectivity index (χ3n) is 2.96. The summed E-state index contributed by atoms with van der Waals surface area (Å²) < 4.78 is 13.6. The van der Waals surface area contributed by atoms with E-state index in [4.69, 9.17) is 11.0 Å². The lowest BCUT2D eigenvalue weighted by Crippen LogP contribution is -2.27. The van der Waals surface area contributed by atoms with E-state index in [1.165, 1.54) is 6.07 Å². The lowest BCUT2D eigenvalue weighted by molar-refractivity contribution is 0.260. The molecule has 0 aliphatic heterocycles. The van der Waals surface area contributed by atoms with E-state index in [1.807, 2.05) is 13.8 Å². The minimum Gasteiger partial charge on any atom is -0.320 e. The summed E-state index contributed by atoms with van der Waals surface area (Å²) in [5.41, 5.74) is 6.66. The van der Waals surface area contributed by atoms with Gasteiger partial charge < -0.3 is 5.73 Å². The molecule has 1 aromatic carbocycles. The van der Waals surface area contributed by atoms with E-state index >= 15 is 0 Å². The molecule has 20 heavy (non-hydrogen) atoms. The van der Waals surface area contributed by atoms with Crippen molar-refractivity contribution in [2.75, 3.05) is 19.6 Å². The second-order valence-corrected chi connectivity index (χ2v) is 4.68. The van der Waals surface area contributed by atoms with Gasteiger partial charge in [-0.1, -0.05) is 24.8 Å². The Morgan fingerprint density at radius 3 is 2.80 bits per heavy atom. The SMILES string of the molecule is CCN(Cc1ccc(F)c(C#CCN)c1)CC(C)C#N. The van der Waals surface area contributed by atoms with E-state index in [1.54, 1.807) is 12.1 Å². The predicted molar refractivity (Wildman–Crippen MR) is 78.1 cm³/mol. The van der Waals surface area contributed by atoms with E-state index in [-0.39, 0.29) is 18.3 Å². The highest BCUT2D eigenvalue weighted by atomic mass is 19.1. The summed E-state index contributed by atoms with van der Waals surface area (Å²) in [5.74, 6) is 5.05. The molecule has 1 atom stereocenters. The molecule has 3 nitrogen and oxygen atoms in total. The molecule has 1 rings (SSSR count). The maximum atomic E-state index is 13.6. The average Bonchev–Trinajstić information content (AvgIpc) is 2.46. The van der Waals surface area contributed by atoms with Crippen LogP contribution in [0.3, 0.4) is 0 Å². The Kier molecular flexibility index (Phi) is 6.73. The van der Waals surface area contributed by atoms with Crippen LogP contribution in [0.4, 0.5) is 4.39 Å². The van der Waals surface area contributed by atoms with Crippen molar-refractivity contribution >= 4 is 0 Å². The van der Waals surface area contributed by atoms with Crippen molar-refractivity contribution < 1.29 is 4.39 Å². The van der Waals surface area contributed by atoms with E-state index in [9.17, 15) is 4.39 Å². The van der Waals surface area contributed by atoms with Gasteiger partial charge in [0.2, 0.25) is 0 Å². The van der Waals surface area contributed by atoms with Crippen LogP contribution in [0.1, 0.15) is 25.0 Å². The van der Waals surface area contributed by atoms with Crippen LogP contribution in [0.15, 0.2) is 18.2 Å². The van der Waals surface area contributed by atoms with Gasteiger partial charge in [-0.15, -0.1) is 0 Å². The fourth-order valence-electron chi connectivity index (χ4n) is 1.90. The van der Waals surface area contributed by atoms with Crippen LogP contribution in [-0.2, 0) is 6.54 Å². The van der Waals surface area contributed by atoms with Gasteiger partial charge in [0.25, 0.3) is 0 Å². The molecule has 0 fully saturated rings. The fourth-order valence-corrected chi connectivity index (χ4v) is 1.90. The Morgan fingerprint density at radius 1 is 1.45 bits per heavy atom. The normalized spacial score (nSPS) is 11.6. The molecule has 0 aromatic heterocycles. The smallest absolute Gasteiger partial charge is 0.138 e. The molecule has 2 N–H and O–H groups in total. The molecule has 0 bridgehead atoms. The van der Waals surface area contributed by atoms with Crippen molar-refractivity contribution in [2.24, 2.45) is 11.7 Å². The third kappa shape index (κ3) is 5.01. The van der Waals surface area contributed by atoms with E-state index in [0.29, 0.717) is 18.7 Å². The maximum absolute atomic E-state index is 13.6. The number of nitriles is 1. The third-order valence-corrected chi connectivity index (χ3v) is 2.96. The first-order chi connectivity index (χ1) is 9.60. The van der Waals surface area contributed by atoms with Gasteiger partial charge >= 0.3 is 0 Å².